The maximum absolute atomic E-state index is 12.1. The molecule has 0 spiro atoms. The van der Waals surface area contributed by atoms with Crippen molar-refractivity contribution in [2.75, 3.05) is 11.4 Å². The first-order valence-corrected chi connectivity index (χ1v) is 6.65. The number of hydrogen-bond acceptors (Lipinski definition) is 3. The number of aromatic nitrogens is 1. The SMILES string of the molecule is O=C1CCCN(c2cccc(Cl)c2)c2ncccc21. The van der Waals surface area contributed by atoms with E-state index in [0.29, 0.717) is 17.0 Å². The van der Waals surface area contributed by atoms with E-state index in [1.54, 1.807) is 12.3 Å². The monoisotopic (exact) mass is 272 g/mol. The molecule has 0 saturated heterocycles. The van der Waals surface area contributed by atoms with Crippen LogP contribution < -0.4 is 4.90 Å². The zero-order valence-corrected chi connectivity index (χ0v) is 11.1. The molecule has 1 aromatic heterocycles. The number of carbonyl (C=O) groups is 1. The molecule has 4 heteroatoms. The standard InChI is InChI=1S/C15H13ClN2O/c16-11-4-1-5-12(10-11)18-9-3-7-14(19)13-6-2-8-17-15(13)18/h1-2,4-6,8,10H,3,7,9H2. The van der Waals surface area contributed by atoms with Gasteiger partial charge in [0.2, 0.25) is 0 Å². The summed E-state index contributed by atoms with van der Waals surface area (Å²) in [5.41, 5.74) is 1.67. The van der Waals surface area contributed by atoms with Crippen LogP contribution in [0.4, 0.5) is 11.5 Å². The summed E-state index contributed by atoms with van der Waals surface area (Å²) in [6.07, 6.45) is 3.10. The smallest absolute Gasteiger partial charge is 0.166 e. The lowest BCUT2D eigenvalue weighted by atomic mass is 10.1. The average molecular weight is 273 g/mol. The molecule has 0 radical (unpaired) electrons. The summed E-state index contributed by atoms with van der Waals surface area (Å²) in [5, 5.41) is 0.686. The molecule has 19 heavy (non-hydrogen) atoms. The molecule has 96 valence electrons. The number of ketones is 1. The first kappa shape index (κ1) is 12.2. The van der Waals surface area contributed by atoms with Crippen LogP contribution in [0.5, 0.6) is 0 Å². The Morgan fingerprint density at radius 2 is 2.11 bits per heavy atom. The van der Waals surface area contributed by atoms with Crippen LogP contribution in [0, 0.1) is 0 Å². The van der Waals surface area contributed by atoms with Crippen LogP contribution in [-0.2, 0) is 0 Å². The van der Waals surface area contributed by atoms with Crippen molar-refractivity contribution in [3.05, 3.63) is 53.2 Å². The summed E-state index contributed by atoms with van der Waals surface area (Å²) in [4.78, 5) is 18.5. The Hall–Kier alpha value is -1.87. The van der Waals surface area contributed by atoms with Gasteiger partial charge in [0.25, 0.3) is 0 Å². The Bertz CT molecular complexity index is 627. The third kappa shape index (κ3) is 2.34. The van der Waals surface area contributed by atoms with Crippen molar-refractivity contribution in [2.45, 2.75) is 12.8 Å². The number of pyridine rings is 1. The van der Waals surface area contributed by atoms with E-state index >= 15 is 0 Å². The number of rotatable bonds is 1. The fourth-order valence-corrected chi connectivity index (χ4v) is 2.55. The van der Waals surface area contributed by atoms with Crippen molar-refractivity contribution >= 4 is 28.9 Å². The second kappa shape index (κ2) is 5.02. The van der Waals surface area contributed by atoms with Crippen LogP contribution in [0.25, 0.3) is 0 Å². The normalized spacial score (nSPS) is 15.0. The van der Waals surface area contributed by atoms with E-state index in [4.69, 9.17) is 11.6 Å². The number of anilines is 2. The highest BCUT2D eigenvalue weighted by Crippen LogP contribution is 2.31. The van der Waals surface area contributed by atoms with E-state index in [0.717, 1.165) is 24.5 Å². The molecule has 0 N–H and O–H groups in total. The minimum Gasteiger partial charge on any atom is -0.326 e. The Morgan fingerprint density at radius 1 is 1.21 bits per heavy atom. The number of halogens is 1. The van der Waals surface area contributed by atoms with E-state index in [1.165, 1.54) is 0 Å². The lowest BCUT2D eigenvalue weighted by Crippen LogP contribution is -2.19. The Kier molecular flexibility index (Phi) is 3.22. The zero-order valence-electron chi connectivity index (χ0n) is 10.3. The number of nitrogens with zero attached hydrogens (tertiary/aromatic N) is 2. The lowest BCUT2D eigenvalue weighted by molar-refractivity contribution is 0.0983. The predicted molar refractivity (Wildman–Crippen MR) is 76.3 cm³/mol. The van der Waals surface area contributed by atoms with Gasteiger partial charge in [-0.05, 0) is 36.8 Å². The van der Waals surface area contributed by atoms with E-state index < -0.39 is 0 Å². The van der Waals surface area contributed by atoms with Crippen molar-refractivity contribution < 1.29 is 4.79 Å². The summed E-state index contributed by atoms with van der Waals surface area (Å²) in [6, 6.07) is 11.3. The van der Waals surface area contributed by atoms with Gasteiger partial charge >= 0.3 is 0 Å². The van der Waals surface area contributed by atoms with Gasteiger partial charge in [-0.1, -0.05) is 17.7 Å². The first-order valence-electron chi connectivity index (χ1n) is 6.27. The number of fused-ring (bicyclic) bond motifs is 1. The van der Waals surface area contributed by atoms with Crippen molar-refractivity contribution in [1.29, 1.82) is 0 Å². The molecule has 3 rings (SSSR count). The van der Waals surface area contributed by atoms with Gasteiger partial charge in [0.1, 0.15) is 5.82 Å². The first-order chi connectivity index (χ1) is 9.25. The molecular weight excluding hydrogens is 260 g/mol. The van der Waals surface area contributed by atoms with Crippen LogP contribution in [0.3, 0.4) is 0 Å². The number of carbonyl (C=O) groups excluding carboxylic acids is 1. The highest BCUT2D eigenvalue weighted by atomic mass is 35.5. The maximum Gasteiger partial charge on any atom is 0.166 e. The van der Waals surface area contributed by atoms with Crippen LogP contribution in [0.15, 0.2) is 42.6 Å². The second-order valence-electron chi connectivity index (χ2n) is 4.53. The predicted octanol–water partition coefficient (Wildman–Crippen LogP) is 3.85. The van der Waals surface area contributed by atoms with Crippen molar-refractivity contribution in [3.8, 4) is 0 Å². The fraction of sp³-hybridized carbons (Fsp3) is 0.200. The van der Waals surface area contributed by atoms with Crippen molar-refractivity contribution in [1.82, 2.24) is 4.98 Å². The summed E-state index contributed by atoms with van der Waals surface area (Å²) >= 11 is 6.05. The molecule has 2 heterocycles. The Labute approximate surface area is 116 Å². The van der Waals surface area contributed by atoms with Crippen LogP contribution in [0.1, 0.15) is 23.2 Å². The lowest BCUT2D eigenvalue weighted by Gasteiger charge is -2.23. The van der Waals surface area contributed by atoms with Gasteiger partial charge in [0.15, 0.2) is 5.78 Å². The molecule has 2 aromatic rings. The summed E-state index contributed by atoms with van der Waals surface area (Å²) in [6.45, 7) is 0.774. The molecule has 0 amide bonds. The molecule has 1 aliphatic heterocycles. The van der Waals surface area contributed by atoms with Crippen LogP contribution >= 0.6 is 11.6 Å². The highest BCUT2D eigenvalue weighted by Gasteiger charge is 2.22. The highest BCUT2D eigenvalue weighted by molar-refractivity contribution is 6.30. The third-order valence-corrected chi connectivity index (χ3v) is 3.48. The van der Waals surface area contributed by atoms with Crippen molar-refractivity contribution in [2.24, 2.45) is 0 Å². The molecule has 1 aromatic carbocycles. The van der Waals surface area contributed by atoms with Gasteiger partial charge in [-0.25, -0.2) is 4.98 Å². The number of hydrogen-bond donors (Lipinski definition) is 0. The van der Waals surface area contributed by atoms with Gasteiger partial charge in [0.05, 0.1) is 5.56 Å². The summed E-state index contributed by atoms with van der Waals surface area (Å²) < 4.78 is 0. The van der Waals surface area contributed by atoms with Gasteiger partial charge in [-0.3, -0.25) is 4.79 Å². The van der Waals surface area contributed by atoms with E-state index in [-0.39, 0.29) is 5.78 Å². The molecule has 0 atom stereocenters. The summed E-state index contributed by atoms with van der Waals surface area (Å²) in [5.74, 6) is 0.889. The number of benzene rings is 1. The quantitative estimate of drug-likeness (QED) is 0.791. The minimum absolute atomic E-state index is 0.160. The zero-order chi connectivity index (χ0) is 13.2. The molecular formula is C15H13ClN2O. The minimum atomic E-state index is 0.160. The fourth-order valence-electron chi connectivity index (χ4n) is 2.36. The molecule has 0 unspecified atom stereocenters. The molecule has 0 aliphatic carbocycles. The molecule has 3 nitrogen and oxygen atoms in total. The van der Waals surface area contributed by atoms with E-state index in [2.05, 4.69) is 9.88 Å². The van der Waals surface area contributed by atoms with E-state index in [1.807, 2.05) is 30.3 Å². The Morgan fingerprint density at radius 3 is 2.95 bits per heavy atom. The molecule has 0 saturated carbocycles. The topological polar surface area (TPSA) is 33.2 Å². The second-order valence-corrected chi connectivity index (χ2v) is 4.97. The average Bonchev–Trinajstić information content (AvgIpc) is 2.59. The van der Waals surface area contributed by atoms with Crippen molar-refractivity contribution in [3.63, 3.8) is 0 Å². The summed E-state index contributed by atoms with van der Waals surface area (Å²) in [7, 11) is 0. The molecule has 1 aliphatic rings. The van der Waals surface area contributed by atoms with Gasteiger partial charge in [-0.15, -0.1) is 0 Å². The van der Waals surface area contributed by atoms with Gasteiger partial charge in [-0.2, -0.15) is 0 Å². The van der Waals surface area contributed by atoms with Crippen LogP contribution in [-0.4, -0.2) is 17.3 Å². The third-order valence-electron chi connectivity index (χ3n) is 3.25. The Balaban J connectivity index is 2.11. The molecule has 0 fully saturated rings. The number of Topliss-reactive ketones (excluding diaryl/α,β-unsaturated/α-hetero) is 1. The van der Waals surface area contributed by atoms with Crippen LogP contribution in [0.2, 0.25) is 5.02 Å². The van der Waals surface area contributed by atoms with Gasteiger partial charge in [0, 0.05) is 29.9 Å². The molecule has 0 bridgehead atoms. The van der Waals surface area contributed by atoms with E-state index in [9.17, 15) is 4.79 Å². The maximum atomic E-state index is 12.1. The largest absolute Gasteiger partial charge is 0.326 e. The van der Waals surface area contributed by atoms with Gasteiger partial charge < -0.3 is 4.90 Å².